The van der Waals surface area contributed by atoms with Crippen LogP contribution < -0.4 is 4.72 Å². The molecule has 1 atom stereocenters. The summed E-state index contributed by atoms with van der Waals surface area (Å²) in [5, 5.41) is -0.00759. The lowest BCUT2D eigenvalue weighted by Gasteiger charge is -2.10. The van der Waals surface area contributed by atoms with Gasteiger partial charge < -0.3 is 0 Å². The molecule has 0 fully saturated rings. The van der Waals surface area contributed by atoms with Gasteiger partial charge in [0.05, 0.1) is 10.7 Å². The summed E-state index contributed by atoms with van der Waals surface area (Å²) in [5.41, 5.74) is 0.253. The van der Waals surface area contributed by atoms with Crippen molar-refractivity contribution in [2.75, 3.05) is 0 Å². The van der Waals surface area contributed by atoms with E-state index in [1.165, 1.54) is 42.6 Å². The van der Waals surface area contributed by atoms with Gasteiger partial charge in [0.1, 0.15) is 16.3 Å². The van der Waals surface area contributed by atoms with Crippen LogP contribution in [0.2, 0.25) is 5.02 Å². The fraction of sp³-hybridized carbons (Fsp3) is 0.211. The molecule has 1 amide bonds. The molecule has 0 aliphatic carbocycles. The summed E-state index contributed by atoms with van der Waals surface area (Å²) in [5.74, 6) is -1.80. The molecule has 3 rings (SSSR count). The molecule has 2 heterocycles. The Kier molecular flexibility index (Phi) is 5.90. The summed E-state index contributed by atoms with van der Waals surface area (Å²) >= 11 is 5.91. The summed E-state index contributed by atoms with van der Waals surface area (Å²) in [6, 6.07) is 8.49. The van der Waals surface area contributed by atoms with E-state index in [4.69, 9.17) is 11.6 Å². The Balaban J connectivity index is 1.90. The number of benzene rings is 1. The van der Waals surface area contributed by atoms with E-state index >= 15 is 0 Å². The lowest BCUT2D eigenvalue weighted by atomic mass is 9.96. The number of allylic oxidation sites excluding steroid dienone is 1. The zero-order valence-corrected chi connectivity index (χ0v) is 16.5. The molecule has 1 aromatic heterocycles. The fourth-order valence-corrected chi connectivity index (χ4v) is 4.35. The SMILES string of the molecule is CCCC1C=C(C(=O)NS(=O)(=O)c2ccccc2Cl)N=C1c1ncccc1F. The maximum Gasteiger partial charge on any atom is 0.283 e. The first-order valence-corrected chi connectivity index (χ1v) is 10.4. The van der Waals surface area contributed by atoms with E-state index in [0.717, 1.165) is 6.42 Å². The van der Waals surface area contributed by atoms with Crippen molar-refractivity contribution in [3.05, 3.63) is 70.9 Å². The summed E-state index contributed by atoms with van der Waals surface area (Å²) in [7, 11) is -4.18. The van der Waals surface area contributed by atoms with E-state index in [2.05, 4.69) is 9.98 Å². The van der Waals surface area contributed by atoms with Crippen molar-refractivity contribution in [1.82, 2.24) is 9.71 Å². The number of aliphatic imine (C=N–C) groups is 1. The summed E-state index contributed by atoms with van der Waals surface area (Å²) in [6.45, 7) is 1.94. The number of hydrogen-bond acceptors (Lipinski definition) is 5. The van der Waals surface area contributed by atoms with Crippen molar-refractivity contribution in [3.8, 4) is 0 Å². The van der Waals surface area contributed by atoms with Crippen molar-refractivity contribution in [2.24, 2.45) is 10.9 Å². The quantitative estimate of drug-likeness (QED) is 0.773. The first-order chi connectivity index (χ1) is 13.3. The minimum atomic E-state index is -4.18. The van der Waals surface area contributed by atoms with Crippen LogP contribution in [0.1, 0.15) is 25.5 Å². The van der Waals surface area contributed by atoms with Gasteiger partial charge in [-0.2, -0.15) is 0 Å². The van der Waals surface area contributed by atoms with Crippen LogP contribution >= 0.6 is 11.6 Å². The lowest BCUT2D eigenvalue weighted by Crippen LogP contribution is -2.31. The van der Waals surface area contributed by atoms with Crippen LogP contribution in [0, 0.1) is 11.7 Å². The van der Waals surface area contributed by atoms with Crippen molar-refractivity contribution >= 4 is 33.2 Å². The number of nitrogens with zero attached hydrogens (tertiary/aromatic N) is 2. The van der Waals surface area contributed by atoms with E-state index < -0.39 is 21.7 Å². The summed E-state index contributed by atoms with van der Waals surface area (Å²) in [4.78, 5) is 20.5. The second kappa shape index (κ2) is 8.20. The van der Waals surface area contributed by atoms with E-state index in [-0.39, 0.29) is 27.2 Å². The molecular weight excluding hydrogens is 405 g/mol. The molecule has 0 saturated heterocycles. The first kappa shape index (κ1) is 20.2. The lowest BCUT2D eigenvalue weighted by molar-refractivity contribution is -0.115. The molecule has 1 aliphatic heterocycles. The largest absolute Gasteiger partial charge is 0.283 e. The molecule has 1 aliphatic rings. The maximum absolute atomic E-state index is 14.1. The smallest absolute Gasteiger partial charge is 0.266 e. The molecular formula is C19H17ClFN3O3S. The number of sulfonamides is 1. The van der Waals surface area contributed by atoms with Gasteiger partial charge in [0.15, 0.2) is 5.82 Å². The number of nitrogens with one attached hydrogen (secondary N) is 1. The van der Waals surface area contributed by atoms with Gasteiger partial charge in [-0.25, -0.2) is 22.5 Å². The van der Waals surface area contributed by atoms with Crippen LogP contribution in [0.15, 0.2) is 64.3 Å². The number of carbonyl (C=O) groups excluding carboxylic acids is 1. The zero-order valence-electron chi connectivity index (χ0n) is 14.9. The molecule has 1 unspecified atom stereocenters. The second-order valence-electron chi connectivity index (χ2n) is 6.14. The van der Waals surface area contributed by atoms with E-state index in [1.54, 1.807) is 6.07 Å². The Morgan fingerprint density at radius 3 is 2.68 bits per heavy atom. The third-order valence-corrected chi connectivity index (χ3v) is 5.97. The minimum Gasteiger partial charge on any atom is -0.266 e. The minimum absolute atomic E-state index is 0.00759. The van der Waals surface area contributed by atoms with Crippen LogP contribution in [0.25, 0.3) is 0 Å². The topological polar surface area (TPSA) is 88.5 Å². The highest BCUT2D eigenvalue weighted by Crippen LogP contribution is 2.27. The molecule has 9 heteroatoms. The Labute approximate surface area is 167 Å². The average molecular weight is 422 g/mol. The average Bonchev–Trinajstić information content (AvgIpc) is 3.06. The Morgan fingerprint density at radius 1 is 1.25 bits per heavy atom. The van der Waals surface area contributed by atoms with Crippen LogP contribution in [0.4, 0.5) is 4.39 Å². The van der Waals surface area contributed by atoms with Crippen molar-refractivity contribution in [2.45, 2.75) is 24.7 Å². The van der Waals surface area contributed by atoms with Crippen LogP contribution in [0.5, 0.6) is 0 Å². The predicted octanol–water partition coefficient (Wildman–Crippen LogP) is 3.48. The van der Waals surface area contributed by atoms with Gasteiger partial charge in [-0.15, -0.1) is 0 Å². The van der Waals surface area contributed by atoms with Crippen molar-refractivity contribution in [1.29, 1.82) is 0 Å². The molecule has 0 spiro atoms. The highest BCUT2D eigenvalue weighted by Gasteiger charge is 2.30. The number of halogens is 2. The molecule has 1 aromatic carbocycles. The highest BCUT2D eigenvalue weighted by molar-refractivity contribution is 7.90. The maximum atomic E-state index is 14.1. The van der Waals surface area contributed by atoms with Crippen LogP contribution in [0.3, 0.4) is 0 Å². The third-order valence-electron chi connectivity index (χ3n) is 4.14. The number of hydrogen-bond donors (Lipinski definition) is 1. The molecule has 1 N–H and O–H groups in total. The van der Waals surface area contributed by atoms with E-state index in [9.17, 15) is 17.6 Å². The van der Waals surface area contributed by atoms with Crippen molar-refractivity contribution in [3.63, 3.8) is 0 Å². The first-order valence-electron chi connectivity index (χ1n) is 8.56. The summed E-state index contributed by atoms with van der Waals surface area (Å²) < 4.78 is 41.0. The highest BCUT2D eigenvalue weighted by atomic mass is 35.5. The second-order valence-corrected chi connectivity index (χ2v) is 8.20. The van der Waals surface area contributed by atoms with Gasteiger partial charge in [-0.05, 0) is 36.8 Å². The summed E-state index contributed by atoms with van der Waals surface area (Å²) in [6.07, 6.45) is 4.35. The standard InChI is InChI=1S/C19H17ClFN3O3S/c1-2-6-12-11-15(23-17(12)18-14(21)8-5-10-22-18)19(25)24-28(26,27)16-9-4-3-7-13(16)20/h3-5,7-12H,2,6H2,1H3,(H,24,25). The van der Waals surface area contributed by atoms with Gasteiger partial charge in [0.25, 0.3) is 15.9 Å². The fourth-order valence-electron chi connectivity index (χ4n) is 2.87. The Bertz CT molecular complexity index is 1080. The van der Waals surface area contributed by atoms with Crippen molar-refractivity contribution < 1.29 is 17.6 Å². The monoisotopic (exact) mass is 421 g/mol. The molecule has 6 nitrogen and oxygen atoms in total. The number of pyridine rings is 1. The van der Waals surface area contributed by atoms with Gasteiger partial charge in [-0.3, -0.25) is 9.78 Å². The number of aromatic nitrogens is 1. The van der Waals surface area contributed by atoms with E-state index in [1.807, 2.05) is 11.6 Å². The molecule has 2 aromatic rings. The Hall–Kier alpha value is -2.58. The van der Waals surface area contributed by atoms with Crippen LogP contribution in [-0.4, -0.2) is 25.0 Å². The Morgan fingerprint density at radius 2 is 2.00 bits per heavy atom. The normalized spacial score (nSPS) is 16.5. The predicted molar refractivity (Wildman–Crippen MR) is 104 cm³/mol. The molecule has 146 valence electrons. The molecule has 0 radical (unpaired) electrons. The number of carbonyl (C=O) groups is 1. The van der Waals surface area contributed by atoms with Gasteiger partial charge in [0.2, 0.25) is 0 Å². The zero-order chi connectivity index (χ0) is 20.3. The van der Waals surface area contributed by atoms with Gasteiger partial charge in [0, 0.05) is 12.1 Å². The molecule has 28 heavy (non-hydrogen) atoms. The van der Waals surface area contributed by atoms with Gasteiger partial charge in [-0.1, -0.05) is 37.1 Å². The number of rotatable bonds is 6. The molecule has 0 saturated carbocycles. The molecule has 0 bridgehead atoms. The van der Waals surface area contributed by atoms with Gasteiger partial charge >= 0.3 is 0 Å². The third kappa shape index (κ3) is 4.13. The number of amides is 1. The van der Waals surface area contributed by atoms with Crippen LogP contribution in [-0.2, 0) is 14.8 Å². The van der Waals surface area contributed by atoms with E-state index in [0.29, 0.717) is 12.1 Å².